The fourth-order valence-corrected chi connectivity index (χ4v) is 1.62. The lowest BCUT2D eigenvalue weighted by Gasteiger charge is -2.19. The van der Waals surface area contributed by atoms with Crippen molar-refractivity contribution in [3.05, 3.63) is 29.3 Å². The van der Waals surface area contributed by atoms with Crippen molar-refractivity contribution in [2.24, 2.45) is 0 Å². The zero-order chi connectivity index (χ0) is 13.7. The van der Waals surface area contributed by atoms with Gasteiger partial charge in [0.25, 0.3) is 11.8 Å². The Morgan fingerprint density at radius 1 is 1.17 bits per heavy atom. The van der Waals surface area contributed by atoms with Gasteiger partial charge in [-0.15, -0.1) is 0 Å². The molecule has 1 rings (SSSR count). The van der Waals surface area contributed by atoms with Crippen molar-refractivity contribution < 1.29 is 19.9 Å². The highest BCUT2D eigenvalue weighted by atomic mass is 16.5. The van der Waals surface area contributed by atoms with E-state index in [9.17, 15) is 14.7 Å². The van der Waals surface area contributed by atoms with Gasteiger partial charge in [0, 0.05) is 24.2 Å². The molecule has 1 aromatic rings. The van der Waals surface area contributed by atoms with Gasteiger partial charge in [0.05, 0.1) is 0 Å². The number of nitrogens with one attached hydrogen (secondary N) is 1. The lowest BCUT2D eigenvalue weighted by molar-refractivity contribution is 0.0706. The molecule has 0 unspecified atom stereocenters. The van der Waals surface area contributed by atoms with Crippen LogP contribution in [0.5, 0.6) is 5.75 Å². The van der Waals surface area contributed by atoms with Crippen LogP contribution in [0.4, 0.5) is 0 Å². The van der Waals surface area contributed by atoms with Crippen LogP contribution in [0.15, 0.2) is 18.2 Å². The highest BCUT2D eigenvalue weighted by molar-refractivity contribution is 5.99. The lowest BCUT2D eigenvalue weighted by Crippen LogP contribution is -2.30. The Morgan fingerprint density at radius 3 is 2.22 bits per heavy atom. The molecule has 0 fully saturated rings. The van der Waals surface area contributed by atoms with E-state index in [0.29, 0.717) is 13.1 Å². The summed E-state index contributed by atoms with van der Waals surface area (Å²) in [6, 6.07) is 3.78. The molecule has 0 aliphatic heterocycles. The van der Waals surface area contributed by atoms with E-state index in [1.165, 1.54) is 23.7 Å². The summed E-state index contributed by atoms with van der Waals surface area (Å²) >= 11 is 0. The third kappa shape index (κ3) is 2.98. The summed E-state index contributed by atoms with van der Waals surface area (Å²) in [5, 5.41) is 18.0. The molecule has 0 aliphatic carbocycles. The average Bonchev–Trinajstić information content (AvgIpc) is 2.38. The van der Waals surface area contributed by atoms with Crippen LogP contribution in [0.1, 0.15) is 34.6 Å². The first-order valence-corrected chi connectivity index (χ1v) is 5.61. The van der Waals surface area contributed by atoms with Crippen LogP contribution in [-0.2, 0) is 0 Å². The Morgan fingerprint density at radius 2 is 1.72 bits per heavy atom. The van der Waals surface area contributed by atoms with Crippen molar-refractivity contribution >= 4 is 11.8 Å². The molecule has 98 valence electrons. The summed E-state index contributed by atoms with van der Waals surface area (Å²) in [6.45, 7) is 4.75. The normalized spacial score (nSPS) is 9.94. The van der Waals surface area contributed by atoms with Crippen LogP contribution < -0.4 is 5.48 Å². The number of nitrogens with zero attached hydrogens (tertiary/aromatic N) is 1. The summed E-state index contributed by atoms with van der Waals surface area (Å²) in [7, 11) is 0. The van der Waals surface area contributed by atoms with E-state index in [4.69, 9.17) is 5.21 Å². The van der Waals surface area contributed by atoms with Crippen LogP contribution in [0.25, 0.3) is 0 Å². The van der Waals surface area contributed by atoms with Crippen molar-refractivity contribution in [1.29, 1.82) is 0 Å². The van der Waals surface area contributed by atoms with E-state index in [0.717, 1.165) is 0 Å². The summed E-state index contributed by atoms with van der Waals surface area (Å²) in [5.41, 5.74) is 1.68. The minimum Gasteiger partial charge on any atom is -0.508 e. The Bertz CT molecular complexity index is 455. The predicted octanol–water partition coefficient (Wildman–Crippen LogP) is 0.993. The molecular formula is C12H16N2O4. The lowest BCUT2D eigenvalue weighted by atomic mass is 10.1. The van der Waals surface area contributed by atoms with Crippen LogP contribution >= 0.6 is 0 Å². The van der Waals surface area contributed by atoms with Crippen LogP contribution in [-0.4, -0.2) is 40.1 Å². The maximum absolute atomic E-state index is 12.0. The minimum atomic E-state index is -0.778. The Labute approximate surface area is 105 Å². The van der Waals surface area contributed by atoms with Gasteiger partial charge in [-0.25, -0.2) is 5.48 Å². The van der Waals surface area contributed by atoms with Crippen molar-refractivity contribution in [3.63, 3.8) is 0 Å². The Balaban J connectivity index is 3.13. The third-order valence-corrected chi connectivity index (χ3v) is 2.58. The molecule has 6 nitrogen and oxygen atoms in total. The minimum absolute atomic E-state index is 0.0213. The molecule has 18 heavy (non-hydrogen) atoms. The van der Waals surface area contributed by atoms with Gasteiger partial charge in [0.2, 0.25) is 0 Å². The Hall–Kier alpha value is -2.08. The van der Waals surface area contributed by atoms with Gasteiger partial charge >= 0.3 is 0 Å². The Kier molecular flexibility index (Phi) is 4.67. The number of carbonyl (C=O) groups excluding carboxylic acids is 2. The summed E-state index contributed by atoms with van der Waals surface area (Å²) in [5.74, 6) is -1.26. The molecule has 0 bridgehead atoms. The second-order valence-corrected chi connectivity index (χ2v) is 3.69. The topological polar surface area (TPSA) is 89.9 Å². The predicted molar refractivity (Wildman–Crippen MR) is 64.6 cm³/mol. The summed E-state index contributed by atoms with van der Waals surface area (Å²) in [4.78, 5) is 24.9. The average molecular weight is 252 g/mol. The first kappa shape index (κ1) is 14.0. The second-order valence-electron chi connectivity index (χ2n) is 3.69. The fraction of sp³-hybridized carbons (Fsp3) is 0.333. The van der Waals surface area contributed by atoms with Crippen LogP contribution in [0.2, 0.25) is 0 Å². The molecule has 0 heterocycles. The number of rotatable bonds is 4. The van der Waals surface area contributed by atoms with E-state index in [-0.39, 0.29) is 22.8 Å². The van der Waals surface area contributed by atoms with Crippen molar-refractivity contribution in [2.45, 2.75) is 13.8 Å². The number of benzene rings is 1. The monoisotopic (exact) mass is 252 g/mol. The van der Waals surface area contributed by atoms with E-state index in [1.807, 2.05) is 13.8 Å². The van der Waals surface area contributed by atoms with E-state index < -0.39 is 5.91 Å². The van der Waals surface area contributed by atoms with Crippen LogP contribution in [0, 0.1) is 0 Å². The molecule has 1 aromatic carbocycles. The second kappa shape index (κ2) is 6.02. The van der Waals surface area contributed by atoms with Crippen molar-refractivity contribution in [1.82, 2.24) is 10.4 Å². The number of phenols is 1. The van der Waals surface area contributed by atoms with Crippen molar-refractivity contribution in [2.75, 3.05) is 13.1 Å². The molecule has 0 saturated carbocycles. The number of carbonyl (C=O) groups is 2. The number of amides is 2. The van der Waals surface area contributed by atoms with Gasteiger partial charge < -0.3 is 10.0 Å². The quantitative estimate of drug-likeness (QED) is 0.550. The van der Waals surface area contributed by atoms with Gasteiger partial charge in [-0.1, -0.05) is 0 Å². The smallest absolute Gasteiger partial charge is 0.274 e. The number of hydrogen-bond donors (Lipinski definition) is 3. The number of phenolic OH excluding ortho intramolecular Hbond substituents is 1. The van der Waals surface area contributed by atoms with E-state index in [2.05, 4.69) is 0 Å². The SMILES string of the molecule is CCN(CC)C(=O)c1cc(O)cc(C(=O)NO)c1. The van der Waals surface area contributed by atoms with Crippen LogP contribution in [0.3, 0.4) is 0 Å². The highest BCUT2D eigenvalue weighted by Gasteiger charge is 2.16. The molecule has 0 aromatic heterocycles. The molecular weight excluding hydrogens is 236 g/mol. The standard InChI is InChI=1S/C12H16N2O4/c1-3-14(4-2)12(17)9-5-8(11(16)13-18)6-10(15)7-9/h5-7,15,18H,3-4H2,1-2H3,(H,13,16). The molecule has 0 radical (unpaired) electrons. The molecule has 6 heteroatoms. The first-order chi connectivity index (χ1) is 8.53. The van der Waals surface area contributed by atoms with E-state index >= 15 is 0 Å². The van der Waals surface area contributed by atoms with Gasteiger partial charge in [-0.05, 0) is 32.0 Å². The number of aromatic hydroxyl groups is 1. The number of hydrogen-bond acceptors (Lipinski definition) is 4. The van der Waals surface area contributed by atoms with Gasteiger partial charge in [-0.2, -0.15) is 0 Å². The summed E-state index contributed by atoms with van der Waals surface area (Å²) < 4.78 is 0. The molecule has 0 spiro atoms. The van der Waals surface area contributed by atoms with Crippen molar-refractivity contribution in [3.8, 4) is 5.75 Å². The highest BCUT2D eigenvalue weighted by Crippen LogP contribution is 2.17. The molecule has 3 N–H and O–H groups in total. The third-order valence-electron chi connectivity index (χ3n) is 2.58. The zero-order valence-electron chi connectivity index (χ0n) is 10.3. The van der Waals surface area contributed by atoms with E-state index in [1.54, 1.807) is 4.90 Å². The summed E-state index contributed by atoms with van der Waals surface area (Å²) in [6.07, 6.45) is 0. The molecule has 0 saturated heterocycles. The maximum Gasteiger partial charge on any atom is 0.274 e. The largest absolute Gasteiger partial charge is 0.508 e. The molecule has 0 atom stereocenters. The van der Waals surface area contributed by atoms with Gasteiger partial charge in [0.1, 0.15) is 5.75 Å². The first-order valence-electron chi connectivity index (χ1n) is 5.61. The molecule has 2 amide bonds. The fourth-order valence-electron chi connectivity index (χ4n) is 1.62. The molecule has 0 aliphatic rings. The maximum atomic E-state index is 12.0. The number of hydroxylamine groups is 1. The zero-order valence-corrected chi connectivity index (χ0v) is 10.3. The van der Waals surface area contributed by atoms with Gasteiger partial charge in [0.15, 0.2) is 0 Å². The van der Waals surface area contributed by atoms with Gasteiger partial charge in [-0.3, -0.25) is 14.8 Å².